The molecule has 3 N–H and O–H groups in total. The summed E-state index contributed by atoms with van der Waals surface area (Å²) in [5.74, 6) is 2.02. The predicted octanol–water partition coefficient (Wildman–Crippen LogP) is 1.57. The van der Waals surface area contributed by atoms with Gasteiger partial charge >= 0.3 is 0 Å². The summed E-state index contributed by atoms with van der Waals surface area (Å²) in [7, 11) is 0. The van der Waals surface area contributed by atoms with Crippen molar-refractivity contribution >= 4 is 5.82 Å². The zero-order valence-electron chi connectivity index (χ0n) is 8.38. The number of nitrogen functional groups attached to an aromatic ring is 1. The first-order valence-corrected chi connectivity index (χ1v) is 4.35. The van der Waals surface area contributed by atoms with Gasteiger partial charge in [-0.15, -0.1) is 0 Å². The Morgan fingerprint density at radius 2 is 2.00 bits per heavy atom. The Hall–Kier alpha value is -1.78. The van der Waals surface area contributed by atoms with Gasteiger partial charge in [0, 0.05) is 0 Å². The summed E-state index contributed by atoms with van der Waals surface area (Å²) in [6.07, 6.45) is 0. The van der Waals surface area contributed by atoms with Gasteiger partial charge in [0.2, 0.25) is 0 Å². The minimum absolute atomic E-state index is 0.483. The van der Waals surface area contributed by atoms with E-state index >= 15 is 0 Å². The van der Waals surface area contributed by atoms with Gasteiger partial charge in [-0.05, 0) is 20.8 Å². The molecule has 2 heterocycles. The molecule has 0 aliphatic carbocycles. The maximum absolute atomic E-state index is 5.76. The van der Waals surface area contributed by atoms with Crippen LogP contribution in [0.15, 0.2) is 4.52 Å². The van der Waals surface area contributed by atoms with Crippen molar-refractivity contribution in [2.24, 2.45) is 0 Å². The van der Waals surface area contributed by atoms with Crippen LogP contribution < -0.4 is 5.73 Å². The van der Waals surface area contributed by atoms with Crippen LogP contribution in [0, 0.1) is 20.8 Å². The molecule has 0 spiro atoms. The molecule has 0 unspecified atom stereocenters. The number of aromatic nitrogens is 3. The normalized spacial score (nSPS) is 10.8. The number of nitrogens with one attached hydrogen (secondary N) is 1. The lowest BCUT2D eigenvalue weighted by atomic mass is 10.1. The Balaban J connectivity index is 2.65. The number of nitrogens with zero attached hydrogens (tertiary/aromatic N) is 2. The molecule has 0 amide bonds. The molecule has 14 heavy (non-hydrogen) atoms. The van der Waals surface area contributed by atoms with E-state index in [-0.39, 0.29) is 0 Å². The zero-order chi connectivity index (χ0) is 10.3. The molecule has 5 heteroatoms. The van der Waals surface area contributed by atoms with Crippen LogP contribution in [0.4, 0.5) is 5.82 Å². The zero-order valence-corrected chi connectivity index (χ0v) is 8.38. The highest BCUT2D eigenvalue weighted by Crippen LogP contribution is 2.29. The van der Waals surface area contributed by atoms with Crippen molar-refractivity contribution in [3.8, 4) is 11.3 Å². The van der Waals surface area contributed by atoms with E-state index in [1.165, 1.54) is 0 Å². The van der Waals surface area contributed by atoms with Gasteiger partial charge in [0.15, 0.2) is 0 Å². The van der Waals surface area contributed by atoms with Crippen molar-refractivity contribution in [3.63, 3.8) is 0 Å². The third-order valence-electron chi connectivity index (χ3n) is 2.13. The highest BCUT2D eigenvalue weighted by atomic mass is 16.5. The molecule has 2 aromatic heterocycles. The number of aryl methyl sites for hydroxylation is 3. The van der Waals surface area contributed by atoms with Gasteiger partial charge in [-0.3, -0.25) is 0 Å². The van der Waals surface area contributed by atoms with E-state index in [4.69, 9.17) is 10.3 Å². The lowest BCUT2D eigenvalue weighted by Crippen LogP contribution is -1.90. The Morgan fingerprint density at radius 3 is 2.43 bits per heavy atom. The molecule has 0 aliphatic rings. The Bertz CT molecular complexity index is 450. The third kappa shape index (κ3) is 1.17. The fourth-order valence-corrected chi connectivity index (χ4v) is 1.54. The molecule has 0 bridgehead atoms. The van der Waals surface area contributed by atoms with E-state index in [1.54, 1.807) is 0 Å². The first kappa shape index (κ1) is 8.80. The highest BCUT2D eigenvalue weighted by molar-refractivity contribution is 5.73. The smallest absolute Gasteiger partial charge is 0.150 e. The monoisotopic (exact) mass is 192 g/mol. The maximum atomic E-state index is 5.76. The molecule has 5 nitrogen and oxygen atoms in total. The van der Waals surface area contributed by atoms with Crippen LogP contribution in [-0.2, 0) is 0 Å². The molecular weight excluding hydrogens is 180 g/mol. The van der Waals surface area contributed by atoms with Gasteiger partial charge in [0.05, 0.1) is 17.0 Å². The number of aromatic amines is 1. The van der Waals surface area contributed by atoms with Crippen LogP contribution in [0.3, 0.4) is 0 Å². The first-order valence-electron chi connectivity index (χ1n) is 4.35. The van der Waals surface area contributed by atoms with Crippen molar-refractivity contribution < 1.29 is 4.52 Å². The molecule has 2 rings (SSSR count). The molecule has 0 fully saturated rings. The maximum Gasteiger partial charge on any atom is 0.150 e. The van der Waals surface area contributed by atoms with Gasteiger partial charge in [-0.1, -0.05) is 5.16 Å². The fourth-order valence-electron chi connectivity index (χ4n) is 1.54. The molecule has 74 valence electrons. The van der Waals surface area contributed by atoms with E-state index in [0.29, 0.717) is 5.82 Å². The summed E-state index contributed by atoms with van der Waals surface area (Å²) < 4.78 is 5.06. The number of imidazole rings is 1. The number of nitrogens with two attached hydrogens (primary N) is 1. The topological polar surface area (TPSA) is 80.7 Å². The molecule has 0 saturated carbocycles. The molecule has 0 aromatic carbocycles. The van der Waals surface area contributed by atoms with Crippen molar-refractivity contribution in [2.75, 3.05) is 5.73 Å². The minimum atomic E-state index is 0.483. The lowest BCUT2D eigenvalue weighted by molar-refractivity contribution is 0.393. The highest BCUT2D eigenvalue weighted by Gasteiger charge is 2.16. The van der Waals surface area contributed by atoms with Crippen molar-refractivity contribution in [1.82, 2.24) is 15.1 Å². The predicted molar refractivity (Wildman–Crippen MR) is 52.7 cm³/mol. The summed E-state index contributed by atoms with van der Waals surface area (Å²) in [5.41, 5.74) is 8.27. The molecule has 0 aliphatic heterocycles. The number of anilines is 1. The van der Waals surface area contributed by atoms with E-state index in [2.05, 4.69) is 15.1 Å². The van der Waals surface area contributed by atoms with Crippen LogP contribution in [-0.4, -0.2) is 15.1 Å². The summed E-state index contributed by atoms with van der Waals surface area (Å²) in [6, 6.07) is 0. The standard InChI is InChI=1S/C9H12N4O/c1-4-7(5(2)14-13-4)8-9(10)12-6(3)11-8/h10H2,1-3H3,(H,11,12). The van der Waals surface area contributed by atoms with Gasteiger partial charge in [-0.2, -0.15) is 0 Å². The van der Waals surface area contributed by atoms with Crippen molar-refractivity contribution in [1.29, 1.82) is 0 Å². The summed E-state index contributed by atoms with van der Waals surface area (Å²) in [5, 5.41) is 3.86. The first-order chi connectivity index (χ1) is 6.59. The molecule has 0 radical (unpaired) electrons. The van der Waals surface area contributed by atoms with E-state index < -0.39 is 0 Å². The van der Waals surface area contributed by atoms with Gasteiger partial charge < -0.3 is 15.2 Å². The fraction of sp³-hybridized carbons (Fsp3) is 0.333. The molecule has 2 aromatic rings. The van der Waals surface area contributed by atoms with Crippen molar-refractivity contribution in [2.45, 2.75) is 20.8 Å². The number of hydrogen-bond donors (Lipinski definition) is 2. The minimum Gasteiger partial charge on any atom is -0.382 e. The van der Waals surface area contributed by atoms with Gasteiger partial charge in [0.1, 0.15) is 17.4 Å². The number of rotatable bonds is 1. The van der Waals surface area contributed by atoms with Crippen molar-refractivity contribution in [3.05, 3.63) is 17.3 Å². The lowest BCUT2D eigenvalue weighted by Gasteiger charge is -1.96. The Kier molecular flexibility index (Phi) is 1.80. The van der Waals surface area contributed by atoms with E-state index in [9.17, 15) is 0 Å². The second-order valence-corrected chi connectivity index (χ2v) is 3.28. The molecule has 0 atom stereocenters. The number of hydrogen-bond acceptors (Lipinski definition) is 4. The second kappa shape index (κ2) is 2.87. The van der Waals surface area contributed by atoms with E-state index in [0.717, 1.165) is 28.5 Å². The largest absolute Gasteiger partial charge is 0.382 e. The Labute approximate surface area is 81.3 Å². The Morgan fingerprint density at radius 1 is 1.29 bits per heavy atom. The van der Waals surface area contributed by atoms with E-state index in [1.807, 2.05) is 20.8 Å². The van der Waals surface area contributed by atoms with Crippen LogP contribution in [0.25, 0.3) is 11.3 Å². The van der Waals surface area contributed by atoms with Gasteiger partial charge in [0.25, 0.3) is 0 Å². The number of H-pyrrole nitrogens is 1. The molecule has 0 saturated heterocycles. The SMILES string of the molecule is Cc1nc(N)c(-c2c(C)noc2C)[nH]1. The van der Waals surface area contributed by atoms with Crippen LogP contribution in [0.1, 0.15) is 17.3 Å². The van der Waals surface area contributed by atoms with Crippen LogP contribution in [0.2, 0.25) is 0 Å². The molecular formula is C9H12N4O. The van der Waals surface area contributed by atoms with Gasteiger partial charge in [-0.25, -0.2) is 4.98 Å². The third-order valence-corrected chi connectivity index (χ3v) is 2.13. The average molecular weight is 192 g/mol. The summed E-state index contributed by atoms with van der Waals surface area (Å²) in [4.78, 5) is 7.19. The quantitative estimate of drug-likeness (QED) is 0.718. The second-order valence-electron chi connectivity index (χ2n) is 3.28. The van der Waals surface area contributed by atoms with Crippen LogP contribution in [0.5, 0.6) is 0 Å². The average Bonchev–Trinajstić information content (AvgIpc) is 2.57. The van der Waals surface area contributed by atoms with Crippen LogP contribution >= 0.6 is 0 Å². The summed E-state index contributed by atoms with van der Waals surface area (Å²) >= 11 is 0. The summed E-state index contributed by atoms with van der Waals surface area (Å²) in [6.45, 7) is 5.59.